The number of carbonyl (C=O) groups is 2. The summed E-state index contributed by atoms with van der Waals surface area (Å²) in [7, 11) is 0. The van der Waals surface area contributed by atoms with Gasteiger partial charge in [-0.15, -0.1) is 0 Å². The van der Waals surface area contributed by atoms with Crippen LogP contribution in [-0.2, 0) is 16.1 Å². The fourth-order valence-electron chi connectivity index (χ4n) is 5.08. The van der Waals surface area contributed by atoms with Crippen molar-refractivity contribution < 1.29 is 14.1 Å². The van der Waals surface area contributed by atoms with E-state index in [0.29, 0.717) is 17.7 Å². The minimum atomic E-state index is -0.470. The van der Waals surface area contributed by atoms with Crippen LogP contribution in [0, 0.1) is 11.3 Å². The van der Waals surface area contributed by atoms with Crippen molar-refractivity contribution in [2.45, 2.75) is 83.3 Å². The van der Waals surface area contributed by atoms with Gasteiger partial charge in [0.2, 0.25) is 17.7 Å². The fourth-order valence-corrected chi connectivity index (χ4v) is 5.08. The van der Waals surface area contributed by atoms with Crippen molar-refractivity contribution in [2.24, 2.45) is 17.1 Å². The van der Waals surface area contributed by atoms with Crippen LogP contribution >= 0.6 is 0 Å². The highest BCUT2D eigenvalue weighted by Gasteiger charge is 2.59. The number of nitrogens with one attached hydrogen (secondary N) is 1. The number of hydrogen-bond donors (Lipinski definition) is 2. The average molecular weight is 390 g/mol. The predicted molar refractivity (Wildman–Crippen MR) is 102 cm³/mol. The molecule has 2 saturated heterocycles. The van der Waals surface area contributed by atoms with E-state index >= 15 is 0 Å². The van der Waals surface area contributed by atoms with Crippen LogP contribution in [0.2, 0.25) is 0 Å². The SMILES string of the molecule is CC(C)CC[C@]1(C(=O)NCc2nc(C3CC3)no2)C[C@H]2CC[C@@H]1N2CC(N)=O. The molecule has 0 unspecified atom stereocenters. The zero-order valence-corrected chi connectivity index (χ0v) is 16.8. The quantitative estimate of drug-likeness (QED) is 0.664. The summed E-state index contributed by atoms with van der Waals surface area (Å²) in [5.41, 5.74) is 5.00. The maximum atomic E-state index is 13.4. The largest absolute Gasteiger partial charge is 0.369 e. The fraction of sp³-hybridized carbons (Fsp3) is 0.800. The first kappa shape index (κ1) is 19.4. The van der Waals surface area contributed by atoms with Crippen molar-refractivity contribution in [3.8, 4) is 0 Å². The molecule has 28 heavy (non-hydrogen) atoms. The van der Waals surface area contributed by atoms with Gasteiger partial charge in [-0.3, -0.25) is 14.5 Å². The lowest BCUT2D eigenvalue weighted by Crippen LogP contribution is -2.50. The molecule has 3 N–H and O–H groups in total. The molecule has 154 valence electrons. The van der Waals surface area contributed by atoms with Gasteiger partial charge in [0.1, 0.15) is 0 Å². The summed E-state index contributed by atoms with van der Waals surface area (Å²) in [4.78, 5) is 31.5. The minimum absolute atomic E-state index is 0.0426. The van der Waals surface area contributed by atoms with Gasteiger partial charge < -0.3 is 15.6 Å². The molecule has 1 aromatic rings. The molecule has 8 heteroatoms. The van der Waals surface area contributed by atoms with Crippen molar-refractivity contribution in [1.82, 2.24) is 20.4 Å². The van der Waals surface area contributed by atoms with E-state index in [0.717, 1.165) is 50.8 Å². The Kier molecular flexibility index (Phi) is 5.16. The number of rotatable bonds is 9. The number of carbonyl (C=O) groups excluding carboxylic acids is 2. The monoisotopic (exact) mass is 389 g/mol. The highest BCUT2D eigenvalue weighted by atomic mass is 16.5. The Morgan fingerprint density at radius 1 is 1.32 bits per heavy atom. The van der Waals surface area contributed by atoms with Crippen molar-refractivity contribution in [3.05, 3.63) is 11.7 Å². The van der Waals surface area contributed by atoms with E-state index < -0.39 is 5.41 Å². The second-order valence-electron chi connectivity index (χ2n) is 9.18. The van der Waals surface area contributed by atoms with E-state index in [-0.39, 0.29) is 37.0 Å². The standard InChI is InChI=1S/C20H31N5O3/c1-12(2)7-8-20(9-14-5-6-15(20)25(14)11-16(21)26)19(27)22-10-17-23-18(24-28-17)13-3-4-13/h12-15H,3-11H2,1-2H3,(H2,21,26)(H,22,27)/t14-,15+,20+/m1/s1. The lowest BCUT2D eigenvalue weighted by atomic mass is 9.69. The van der Waals surface area contributed by atoms with Gasteiger partial charge in [0.15, 0.2) is 5.82 Å². The Bertz CT molecular complexity index is 744. The molecule has 3 aliphatic rings. The van der Waals surface area contributed by atoms with Crippen LogP contribution in [0.4, 0.5) is 0 Å². The van der Waals surface area contributed by atoms with Gasteiger partial charge in [0.25, 0.3) is 0 Å². The first-order valence-corrected chi connectivity index (χ1v) is 10.5. The van der Waals surface area contributed by atoms with Crippen LogP contribution in [0.5, 0.6) is 0 Å². The van der Waals surface area contributed by atoms with E-state index in [2.05, 4.69) is 34.2 Å². The molecule has 0 aromatic carbocycles. The zero-order chi connectivity index (χ0) is 19.9. The number of fused-ring (bicyclic) bond motifs is 2. The highest BCUT2D eigenvalue weighted by Crippen LogP contribution is 2.52. The lowest BCUT2D eigenvalue weighted by molar-refractivity contribution is -0.134. The molecule has 3 fully saturated rings. The number of hydrogen-bond acceptors (Lipinski definition) is 6. The number of nitrogens with zero attached hydrogens (tertiary/aromatic N) is 3. The molecule has 0 radical (unpaired) electrons. The molecule has 0 spiro atoms. The predicted octanol–water partition coefficient (Wildman–Crippen LogP) is 1.71. The molecule has 2 bridgehead atoms. The number of amides is 2. The van der Waals surface area contributed by atoms with E-state index in [9.17, 15) is 9.59 Å². The van der Waals surface area contributed by atoms with Gasteiger partial charge in [0, 0.05) is 18.0 Å². The molecule has 1 aliphatic carbocycles. The van der Waals surface area contributed by atoms with Crippen molar-refractivity contribution in [2.75, 3.05) is 6.54 Å². The Balaban J connectivity index is 1.47. The van der Waals surface area contributed by atoms with Crippen molar-refractivity contribution in [1.29, 1.82) is 0 Å². The molecule has 3 atom stereocenters. The second kappa shape index (κ2) is 7.46. The molecule has 3 heterocycles. The summed E-state index contributed by atoms with van der Waals surface area (Å²) in [6, 6.07) is 0.341. The normalized spacial score (nSPS) is 29.5. The summed E-state index contributed by atoms with van der Waals surface area (Å²) in [6.45, 7) is 4.85. The summed E-state index contributed by atoms with van der Waals surface area (Å²) in [5.74, 6) is 1.89. The number of nitrogens with two attached hydrogens (primary N) is 1. The van der Waals surface area contributed by atoms with Crippen molar-refractivity contribution >= 4 is 11.8 Å². The van der Waals surface area contributed by atoms with Crippen LogP contribution in [0.25, 0.3) is 0 Å². The van der Waals surface area contributed by atoms with E-state index in [1.54, 1.807) is 0 Å². The maximum absolute atomic E-state index is 13.4. The van der Waals surface area contributed by atoms with Gasteiger partial charge in [-0.2, -0.15) is 4.98 Å². The van der Waals surface area contributed by atoms with E-state index in [1.165, 1.54) is 0 Å². The van der Waals surface area contributed by atoms with Crippen LogP contribution in [0.15, 0.2) is 4.52 Å². The van der Waals surface area contributed by atoms with Crippen LogP contribution in [-0.4, -0.2) is 45.5 Å². The third-order valence-corrected chi connectivity index (χ3v) is 6.67. The maximum Gasteiger partial charge on any atom is 0.246 e. The molecule has 1 aromatic heterocycles. The summed E-state index contributed by atoms with van der Waals surface area (Å²) in [6.07, 6.45) is 6.79. The van der Waals surface area contributed by atoms with Gasteiger partial charge in [-0.25, -0.2) is 0 Å². The molecule has 1 saturated carbocycles. The van der Waals surface area contributed by atoms with Gasteiger partial charge >= 0.3 is 0 Å². The molecule has 2 amide bonds. The molecule has 8 nitrogen and oxygen atoms in total. The third kappa shape index (κ3) is 3.66. The van der Waals surface area contributed by atoms with Gasteiger partial charge in [-0.05, 0) is 50.9 Å². The Morgan fingerprint density at radius 2 is 2.11 bits per heavy atom. The Labute approximate surface area is 165 Å². The van der Waals surface area contributed by atoms with E-state index in [1.807, 2.05) is 0 Å². The molecular formula is C20H31N5O3. The Morgan fingerprint density at radius 3 is 2.79 bits per heavy atom. The van der Waals surface area contributed by atoms with Crippen molar-refractivity contribution in [3.63, 3.8) is 0 Å². The average Bonchev–Trinajstić information content (AvgIpc) is 3.18. The first-order chi connectivity index (χ1) is 13.4. The molecular weight excluding hydrogens is 358 g/mol. The molecule has 4 rings (SSSR count). The van der Waals surface area contributed by atoms with Gasteiger partial charge in [0.05, 0.1) is 18.5 Å². The van der Waals surface area contributed by atoms with Crippen LogP contribution < -0.4 is 11.1 Å². The van der Waals surface area contributed by atoms with Crippen LogP contribution in [0.3, 0.4) is 0 Å². The van der Waals surface area contributed by atoms with Gasteiger partial charge in [-0.1, -0.05) is 19.0 Å². The first-order valence-electron chi connectivity index (χ1n) is 10.5. The number of aromatic nitrogens is 2. The third-order valence-electron chi connectivity index (χ3n) is 6.67. The smallest absolute Gasteiger partial charge is 0.246 e. The van der Waals surface area contributed by atoms with Crippen LogP contribution in [0.1, 0.15) is 76.4 Å². The zero-order valence-electron chi connectivity index (χ0n) is 16.8. The molecule has 2 aliphatic heterocycles. The topological polar surface area (TPSA) is 114 Å². The minimum Gasteiger partial charge on any atom is -0.369 e. The van der Waals surface area contributed by atoms with E-state index in [4.69, 9.17) is 10.3 Å². The summed E-state index contributed by atoms with van der Waals surface area (Å²) >= 11 is 0. The highest BCUT2D eigenvalue weighted by molar-refractivity contribution is 5.84. The number of primary amides is 1. The summed E-state index contributed by atoms with van der Waals surface area (Å²) in [5, 5.41) is 7.08. The summed E-state index contributed by atoms with van der Waals surface area (Å²) < 4.78 is 5.30. The second-order valence-corrected chi connectivity index (χ2v) is 9.18. The Hall–Kier alpha value is -1.96. The lowest BCUT2D eigenvalue weighted by Gasteiger charge is -2.36.